The quantitative estimate of drug-likeness (QED) is 0.898. The highest BCUT2D eigenvalue weighted by atomic mass is 35.5. The molecule has 0 unspecified atom stereocenters. The van der Waals surface area contributed by atoms with E-state index in [9.17, 15) is 4.79 Å². The molecular weight excluding hydrogens is 266 g/mol. The van der Waals surface area contributed by atoms with Gasteiger partial charge in [0.25, 0.3) is 0 Å². The molecule has 0 amide bonds. The van der Waals surface area contributed by atoms with Crippen molar-refractivity contribution in [3.05, 3.63) is 51.9 Å². The van der Waals surface area contributed by atoms with E-state index in [1.807, 2.05) is 18.2 Å². The number of rotatable bonds is 3. The fourth-order valence-electron chi connectivity index (χ4n) is 1.81. The Hall–Kier alpha value is -2.14. The van der Waals surface area contributed by atoms with E-state index in [1.165, 1.54) is 0 Å². The maximum absolute atomic E-state index is 11.0. The number of aryl methyl sites for hydroxylation is 1. The van der Waals surface area contributed by atoms with Crippen molar-refractivity contribution in [3.63, 3.8) is 0 Å². The molecule has 0 aliphatic rings. The molecule has 0 saturated heterocycles. The molecule has 0 fully saturated rings. The Balaban J connectivity index is 2.38. The first-order valence-electron chi connectivity index (χ1n) is 5.58. The van der Waals surface area contributed by atoms with Crippen LogP contribution in [0, 0.1) is 6.92 Å². The van der Waals surface area contributed by atoms with Crippen LogP contribution in [0.1, 0.15) is 27.4 Å². The van der Waals surface area contributed by atoms with E-state index >= 15 is 0 Å². The Labute approximate surface area is 115 Å². The number of hydrogen-bond acceptors (Lipinski definition) is 4. The highest BCUT2D eigenvalue weighted by Gasteiger charge is 2.16. The molecule has 5 nitrogen and oxygen atoms in total. The highest BCUT2D eigenvalue weighted by molar-refractivity contribution is 6.31. The number of hydrogen-bond donors (Lipinski definition) is 2. The standard InChI is InChI=1S/C13H12ClN3O2/c1-7-11(13(18)19)12(15)17-10(16-7)6-8-4-2-3-5-9(8)14/h2-5H,6H2,1H3,(H,18,19)(H2,15,16,17). The smallest absolute Gasteiger partial charge is 0.341 e. The number of carboxylic acid groups (broad SMARTS) is 1. The summed E-state index contributed by atoms with van der Waals surface area (Å²) < 4.78 is 0. The maximum Gasteiger partial charge on any atom is 0.341 e. The van der Waals surface area contributed by atoms with Gasteiger partial charge in [-0.3, -0.25) is 0 Å². The predicted octanol–water partition coefficient (Wildman–Crippen LogP) is 2.31. The predicted molar refractivity (Wildman–Crippen MR) is 72.4 cm³/mol. The largest absolute Gasteiger partial charge is 0.477 e. The molecule has 0 radical (unpaired) electrons. The van der Waals surface area contributed by atoms with Gasteiger partial charge >= 0.3 is 5.97 Å². The molecule has 1 aromatic carbocycles. The van der Waals surface area contributed by atoms with Crippen LogP contribution in [0.15, 0.2) is 24.3 Å². The van der Waals surface area contributed by atoms with E-state index in [0.717, 1.165) is 5.56 Å². The van der Waals surface area contributed by atoms with Gasteiger partial charge in [0.1, 0.15) is 17.2 Å². The van der Waals surface area contributed by atoms with Gasteiger partial charge in [-0.05, 0) is 18.6 Å². The molecule has 2 aromatic rings. The molecular formula is C13H12ClN3O2. The van der Waals surface area contributed by atoms with Crippen molar-refractivity contribution in [2.75, 3.05) is 5.73 Å². The number of aromatic carboxylic acids is 1. The SMILES string of the molecule is Cc1nc(Cc2ccccc2Cl)nc(N)c1C(=O)O. The maximum atomic E-state index is 11.0. The number of nitrogens with zero attached hydrogens (tertiary/aromatic N) is 2. The fraction of sp³-hybridized carbons (Fsp3) is 0.154. The molecule has 0 spiro atoms. The van der Waals surface area contributed by atoms with Crippen LogP contribution in [0.3, 0.4) is 0 Å². The van der Waals surface area contributed by atoms with Crippen molar-refractivity contribution in [2.45, 2.75) is 13.3 Å². The van der Waals surface area contributed by atoms with Crippen LogP contribution in [0.2, 0.25) is 5.02 Å². The summed E-state index contributed by atoms with van der Waals surface area (Å²) >= 11 is 6.05. The Morgan fingerprint density at radius 3 is 2.63 bits per heavy atom. The first kappa shape index (κ1) is 13.3. The van der Waals surface area contributed by atoms with E-state index < -0.39 is 5.97 Å². The molecule has 0 bridgehead atoms. The van der Waals surface area contributed by atoms with Crippen LogP contribution in [-0.2, 0) is 6.42 Å². The van der Waals surface area contributed by atoms with E-state index in [-0.39, 0.29) is 11.4 Å². The van der Waals surface area contributed by atoms with Gasteiger partial charge in [0.15, 0.2) is 0 Å². The summed E-state index contributed by atoms with van der Waals surface area (Å²) in [6.07, 6.45) is 0.407. The lowest BCUT2D eigenvalue weighted by Crippen LogP contribution is -2.12. The minimum absolute atomic E-state index is 0.0259. The van der Waals surface area contributed by atoms with Crippen molar-refractivity contribution in [1.82, 2.24) is 9.97 Å². The average molecular weight is 278 g/mol. The Morgan fingerprint density at radius 1 is 1.37 bits per heavy atom. The molecule has 0 aliphatic heterocycles. The summed E-state index contributed by atoms with van der Waals surface area (Å²) in [5.41, 5.74) is 6.81. The van der Waals surface area contributed by atoms with Crippen molar-refractivity contribution >= 4 is 23.4 Å². The molecule has 6 heteroatoms. The summed E-state index contributed by atoms with van der Waals surface area (Å²) in [7, 11) is 0. The van der Waals surface area contributed by atoms with Gasteiger partial charge in [0.05, 0.1) is 5.69 Å². The van der Waals surface area contributed by atoms with Crippen molar-refractivity contribution < 1.29 is 9.90 Å². The van der Waals surface area contributed by atoms with Gasteiger partial charge in [0.2, 0.25) is 0 Å². The molecule has 98 valence electrons. The third-order valence-corrected chi connectivity index (χ3v) is 3.05. The summed E-state index contributed by atoms with van der Waals surface area (Å²) in [5.74, 6) is -0.700. The summed E-state index contributed by atoms with van der Waals surface area (Å²) in [6.45, 7) is 1.59. The van der Waals surface area contributed by atoms with Gasteiger partial charge in [-0.2, -0.15) is 0 Å². The van der Waals surface area contributed by atoms with Gasteiger partial charge in [-0.15, -0.1) is 0 Å². The van der Waals surface area contributed by atoms with E-state index in [4.69, 9.17) is 22.4 Å². The second-order valence-electron chi connectivity index (χ2n) is 4.06. The third kappa shape index (κ3) is 2.82. The molecule has 0 saturated carbocycles. The molecule has 0 atom stereocenters. The minimum atomic E-state index is -1.13. The highest BCUT2D eigenvalue weighted by Crippen LogP contribution is 2.19. The Morgan fingerprint density at radius 2 is 2.05 bits per heavy atom. The lowest BCUT2D eigenvalue weighted by Gasteiger charge is -2.08. The first-order valence-corrected chi connectivity index (χ1v) is 5.96. The molecule has 19 heavy (non-hydrogen) atoms. The third-order valence-electron chi connectivity index (χ3n) is 2.68. The Kier molecular flexibility index (Phi) is 3.66. The zero-order valence-corrected chi connectivity index (χ0v) is 11.0. The van der Waals surface area contributed by atoms with Gasteiger partial charge < -0.3 is 10.8 Å². The van der Waals surface area contributed by atoms with Crippen LogP contribution < -0.4 is 5.73 Å². The van der Waals surface area contributed by atoms with Gasteiger partial charge in [-0.1, -0.05) is 29.8 Å². The molecule has 1 aromatic heterocycles. The Bertz CT molecular complexity index is 621. The molecule has 1 heterocycles. The van der Waals surface area contributed by atoms with E-state index in [2.05, 4.69) is 9.97 Å². The monoisotopic (exact) mass is 277 g/mol. The number of aromatic nitrogens is 2. The summed E-state index contributed by atoms with van der Waals surface area (Å²) in [4.78, 5) is 19.2. The van der Waals surface area contributed by atoms with Crippen molar-refractivity contribution in [1.29, 1.82) is 0 Å². The average Bonchev–Trinajstić information content (AvgIpc) is 2.30. The number of nitrogen functional groups attached to an aromatic ring is 1. The van der Waals surface area contributed by atoms with Crippen LogP contribution in [0.4, 0.5) is 5.82 Å². The van der Waals surface area contributed by atoms with E-state index in [0.29, 0.717) is 23.0 Å². The minimum Gasteiger partial charge on any atom is -0.477 e. The van der Waals surface area contributed by atoms with Crippen LogP contribution >= 0.6 is 11.6 Å². The second kappa shape index (κ2) is 5.24. The fourth-order valence-corrected chi connectivity index (χ4v) is 2.01. The molecule has 0 aliphatic carbocycles. The van der Waals surface area contributed by atoms with Crippen LogP contribution in [0.25, 0.3) is 0 Å². The van der Waals surface area contributed by atoms with Gasteiger partial charge in [-0.25, -0.2) is 14.8 Å². The number of nitrogens with two attached hydrogens (primary N) is 1. The number of anilines is 1. The summed E-state index contributed by atoms with van der Waals surface area (Å²) in [5, 5.41) is 9.61. The lowest BCUT2D eigenvalue weighted by atomic mass is 10.1. The topological polar surface area (TPSA) is 89.1 Å². The van der Waals surface area contributed by atoms with E-state index in [1.54, 1.807) is 13.0 Å². The summed E-state index contributed by atoms with van der Waals surface area (Å²) in [6, 6.07) is 7.34. The van der Waals surface area contributed by atoms with Gasteiger partial charge in [0, 0.05) is 11.4 Å². The van der Waals surface area contributed by atoms with Crippen LogP contribution in [0.5, 0.6) is 0 Å². The normalized spacial score (nSPS) is 10.4. The number of benzene rings is 1. The zero-order valence-electron chi connectivity index (χ0n) is 10.2. The van der Waals surface area contributed by atoms with Crippen molar-refractivity contribution in [2.24, 2.45) is 0 Å². The van der Waals surface area contributed by atoms with Crippen LogP contribution in [-0.4, -0.2) is 21.0 Å². The second-order valence-corrected chi connectivity index (χ2v) is 4.47. The number of carbonyl (C=O) groups is 1. The first-order chi connectivity index (χ1) is 8.99. The number of halogens is 1. The molecule has 2 rings (SSSR count). The van der Waals surface area contributed by atoms with Crippen molar-refractivity contribution in [3.8, 4) is 0 Å². The zero-order chi connectivity index (χ0) is 14.0. The number of carboxylic acids is 1. The molecule has 3 N–H and O–H groups in total. The lowest BCUT2D eigenvalue weighted by molar-refractivity contribution is 0.0696.